The summed E-state index contributed by atoms with van der Waals surface area (Å²) in [7, 11) is 1.64. The normalized spacial score (nSPS) is 13.6. The minimum atomic E-state index is 0.635. The Morgan fingerprint density at radius 1 is 1.00 bits per heavy atom. The topological polar surface area (TPSA) is 86.2 Å². The number of fused-ring (bicyclic) bond motifs is 1. The molecule has 0 unspecified atom stereocenters. The second kappa shape index (κ2) is 8.75. The molecule has 4 heterocycles. The molecular weight excluding hydrogens is 412 g/mol. The van der Waals surface area contributed by atoms with E-state index >= 15 is 0 Å². The van der Waals surface area contributed by atoms with Gasteiger partial charge < -0.3 is 9.47 Å². The van der Waals surface area contributed by atoms with Gasteiger partial charge in [-0.15, -0.1) is 0 Å². The lowest BCUT2D eigenvalue weighted by Crippen LogP contribution is -2.30. The van der Waals surface area contributed by atoms with Gasteiger partial charge in [-0.1, -0.05) is 11.3 Å². The molecule has 1 aliphatic rings. The van der Waals surface area contributed by atoms with Crippen molar-refractivity contribution in [3.63, 3.8) is 0 Å². The lowest BCUT2D eigenvalue weighted by Gasteiger charge is -2.27. The molecule has 0 radical (unpaired) electrons. The third kappa shape index (κ3) is 4.52. The maximum atomic E-state index is 5.86. The minimum absolute atomic E-state index is 0.635. The van der Waals surface area contributed by atoms with Gasteiger partial charge in [0.1, 0.15) is 17.8 Å². The van der Waals surface area contributed by atoms with E-state index in [2.05, 4.69) is 24.8 Å². The smallest absolute Gasteiger partial charge is 0.278 e. The first-order valence-corrected chi connectivity index (χ1v) is 10.7. The van der Waals surface area contributed by atoms with E-state index in [1.165, 1.54) is 6.33 Å². The van der Waals surface area contributed by atoms with Gasteiger partial charge in [-0.25, -0.2) is 24.9 Å². The number of methoxy groups -OCH3 is 1. The molecule has 0 amide bonds. The maximum Gasteiger partial charge on any atom is 0.278 e. The number of aromatic nitrogens is 5. The Morgan fingerprint density at radius 2 is 1.81 bits per heavy atom. The first-order valence-electron chi connectivity index (χ1n) is 9.86. The third-order valence-corrected chi connectivity index (χ3v) is 5.87. The van der Waals surface area contributed by atoms with Crippen molar-refractivity contribution in [1.29, 1.82) is 0 Å². The highest BCUT2D eigenvalue weighted by Gasteiger charge is 2.20. The van der Waals surface area contributed by atoms with Gasteiger partial charge in [-0.2, -0.15) is 0 Å². The summed E-state index contributed by atoms with van der Waals surface area (Å²) in [4.78, 5) is 25.3. The molecule has 0 N–H and O–H groups in total. The van der Waals surface area contributed by atoms with E-state index in [1.54, 1.807) is 30.8 Å². The number of rotatable bonds is 6. The van der Waals surface area contributed by atoms with E-state index in [1.807, 2.05) is 36.7 Å². The van der Waals surface area contributed by atoms with Crippen LogP contribution in [0.1, 0.15) is 16.1 Å². The molecule has 0 spiro atoms. The quantitative estimate of drug-likeness (QED) is 0.455. The van der Waals surface area contributed by atoms with E-state index in [4.69, 9.17) is 14.5 Å². The SMILES string of the molecule is COc1ccc(Oc2ncc(CN3CCc4nc(-c5cncnc5)ncc4C3)s2)cc1. The fourth-order valence-corrected chi connectivity index (χ4v) is 4.26. The van der Waals surface area contributed by atoms with Crippen LogP contribution in [0.25, 0.3) is 11.4 Å². The van der Waals surface area contributed by atoms with Crippen molar-refractivity contribution >= 4 is 11.3 Å². The van der Waals surface area contributed by atoms with Crippen molar-refractivity contribution in [2.24, 2.45) is 0 Å². The molecule has 1 aliphatic heterocycles. The van der Waals surface area contributed by atoms with Gasteiger partial charge in [-0.3, -0.25) is 4.90 Å². The molecular formula is C22H20N6O2S. The second-order valence-electron chi connectivity index (χ2n) is 7.12. The predicted octanol–water partition coefficient (Wildman–Crippen LogP) is 3.75. The summed E-state index contributed by atoms with van der Waals surface area (Å²) in [5.74, 6) is 2.21. The van der Waals surface area contributed by atoms with Crippen LogP contribution in [-0.4, -0.2) is 43.5 Å². The molecule has 0 aliphatic carbocycles. The molecule has 1 aromatic carbocycles. The van der Waals surface area contributed by atoms with E-state index in [9.17, 15) is 0 Å². The lowest BCUT2D eigenvalue weighted by atomic mass is 10.1. The summed E-state index contributed by atoms with van der Waals surface area (Å²) in [5.41, 5.74) is 3.09. The highest BCUT2D eigenvalue weighted by Crippen LogP contribution is 2.29. The zero-order valence-electron chi connectivity index (χ0n) is 16.9. The number of thiazole rings is 1. The number of nitrogens with zero attached hydrogens (tertiary/aromatic N) is 6. The summed E-state index contributed by atoms with van der Waals surface area (Å²) >= 11 is 1.56. The van der Waals surface area contributed by atoms with Crippen molar-refractivity contribution < 1.29 is 9.47 Å². The average molecular weight is 433 g/mol. The van der Waals surface area contributed by atoms with Gasteiger partial charge in [0.05, 0.1) is 18.4 Å². The van der Waals surface area contributed by atoms with E-state index < -0.39 is 0 Å². The minimum Gasteiger partial charge on any atom is -0.497 e. The molecule has 0 atom stereocenters. The first kappa shape index (κ1) is 19.5. The van der Waals surface area contributed by atoms with Gasteiger partial charge in [0.15, 0.2) is 5.82 Å². The Kier molecular flexibility index (Phi) is 5.51. The van der Waals surface area contributed by atoms with Crippen LogP contribution in [-0.2, 0) is 19.5 Å². The van der Waals surface area contributed by atoms with Crippen LogP contribution in [0.4, 0.5) is 0 Å². The lowest BCUT2D eigenvalue weighted by molar-refractivity contribution is 0.245. The second-order valence-corrected chi connectivity index (χ2v) is 8.20. The van der Waals surface area contributed by atoms with E-state index in [-0.39, 0.29) is 0 Å². The van der Waals surface area contributed by atoms with Crippen LogP contribution in [0.2, 0.25) is 0 Å². The van der Waals surface area contributed by atoms with E-state index in [0.717, 1.165) is 59.3 Å². The third-order valence-electron chi connectivity index (χ3n) is 5.01. The highest BCUT2D eigenvalue weighted by molar-refractivity contribution is 7.13. The van der Waals surface area contributed by atoms with Gasteiger partial charge in [0.25, 0.3) is 5.19 Å². The molecule has 9 heteroatoms. The fourth-order valence-electron chi connectivity index (χ4n) is 3.44. The molecule has 4 aromatic rings. The molecule has 31 heavy (non-hydrogen) atoms. The van der Waals surface area contributed by atoms with Crippen LogP contribution < -0.4 is 9.47 Å². The number of benzene rings is 1. The number of hydrogen-bond donors (Lipinski definition) is 0. The summed E-state index contributed by atoms with van der Waals surface area (Å²) in [6.07, 6.45) is 9.66. The van der Waals surface area contributed by atoms with Crippen molar-refractivity contribution in [2.75, 3.05) is 13.7 Å². The van der Waals surface area contributed by atoms with Gasteiger partial charge in [0.2, 0.25) is 0 Å². The van der Waals surface area contributed by atoms with Crippen molar-refractivity contribution in [2.45, 2.75) is 19.5 Å². The summed E-state index contributed by atoms with van der Waals surface area (Å²) in [6, 6.07) is 7.48. The van der Waals surface area contributed by atoms with Crippen molar-refractivity contribution in [3.05, 3.63) is 71.5 Å². The Morgan fingerprint density at radius 3 is 2.61 bits per heavy atom. The fraction of sp³-hybridized carbons (Fsp3) is 0.227. The van der Waals surface area contributed by atoms with Gasteiger partial charge >= 0.3 is 0 Å². The monoisotopic (exact) mass is 432 g/mol. The zero-order chi connectivity index (χ0) is 21.0. The summed E-state index contributed by atoms with van der Waals surface area (Å²) < 4.78 is 11.0. The molecule has 0 saturated carbocycles. The van der Waals surface area contributed by atoms with Gasteiger partial charge in [0, 0.05) is 61.3 Å². The largest absolute Gasteiger partial charge is 0.497 e. The summed E-state index contributed by atoms with van der Waals surface area (Å²) in [5, 5.41) is 0.635. The Labute approximate surface area is 183 Å². The molecule has 5 rings (SSSR count). The molecule has 0 bridgehead atoms. The van der Waals surface area contributed by atoms with Crippen LogP contribution in [0.3, 0.4) is 0 Å². The van der Waals surface area contributed by atoms with Crippen LogP contribution in [0.15, 0.2) is 55.4 Å². The average Bonchev–Trinajstić information content (AvgIpc) is 3.26. The predicted molar refractivity (Wildman–Crippen MR) is 116 cm³/mol. The number of hydrogen-bond acceptors (Lipinski definition) is 9. The highest BCUT2D eigenvalue weighted by atomic mass is 32.1. The molecule has 0 saturated heterocycles. The Bertz CT molecular complexity index is 1170. The van der Waals surface area contributed by atoms with Crippen LogP contribution in [0.5, 0.6) is 16.7 Å². The number of ether oxygens (including phenoxy) is 2. The standard InChI is InChI=1S/C22H20N6O2S/c1-29-17-2-4-18(5-3-17)30-22-26-11-19(31-22)13-28-7-6-20-16(12-28)10-25-21(27-20)15-8-23-14-24-9-15/h2-5,8-11,14H,6-7,12-13H2,1H3. The van der Waals surface area contributed by atoms with E-state index in [0.29, 0.717) is 11.0 Å². The maximum absolute atomic E-state index is 5.86. The first-order chi connectivity index (χ1) is 15.3. The Hall–Kier alpha value is -3.43. The molecule has 3 aromatic heterocycles. The van der Waals surface area contributed by atoms with Crippen molar-refractivity contribution in [3.8, 4) is 28.1 Å². The van der Waals surface area contributed by atoms with Crippen LogP contribution >= 0.6 is 11.3 Å². The molecule has 0 fully saturated rings. The molecule has 8 nitrogen and oxygen atoms in total. The van der Waals surface area contributed by atoms with Crippen molar-refractivity contribution in [1.82, 2.24) is 29.8 Å². The van der Waals surface area contributed by atoms with Crippen LogP contribution in [0, 0.1) is 0 Å². The molecule has 156 valence electrons. The Balaban J connectivity index is 1.22. The summed E-state index contributed by atoms with van der Waals surface area (Å²) in [6.45, 7) is 2.56. The van der Waals surface area contributed by atoms with Gasteiger partial charge in [-0.05, 0) is 24.3 Å². The zero-order valence-corrected chi connectivity index (χ0v) is 17.7.